The normalized spacial score (nSPS) is 22.7. The lowest BCUT2D eigenvalue weighted by Crippen LogP contribution is -2.43. The molecular weight excluding hydrogens is 534 g/mol. The van der Waals surface area contributed by atoms with Crippen molar-refractivity contribution in [1.82, 2.24) is 10.2 Å². The van der Waals surface area contributed by atoms with E-state index in [2.05, 4.69) is 45.3 Å². The Morgan fingerprint density at radius 2 is 1.68 bits per heavy atom. The summed E-state index contributed by atoms with van der Waals surface area (Å²) in [4.78, 5) is 20.2. The summed E-state index contributed by atoms with van der Waals surface area (Å²) in [6.45, 7) is 5.37. The van der Waals surface area contributed by atoms with E-state index in [0.29, 0.717) is 16.6 Å². The lowest BCUT2D eigenvalue weighted by molar-refractivity contribution is 0.0791. The molecule has 0 atom stereocenters. The third-order valence-corrected chi connectivity index (χ3v) is 9.89. The molecule has 1 aliphatic carbocycles. The lowest BCUT2D eigenvalue weighted by atomic mass is 9.90. The summed E-state index contributed by atoms with van der Waals surface area (Å²) >= 11 is 6.24. The van der Waals surface area contributed by atoms with Crippen LogP contribution in [-0.4, -0.2) is 73.9 Å². The molecule has 5 rings (SSSR count). The standard InChI is InChI=1S/C33H44ClN5O2/c1-37(30-9-4-26(23-35)32(34)22-30)28-10-5-27(6-11-28)36-33(41)25-2-7-29(8-3-25)39-20-13-24(14-21-39)12-17-38-18-15-31(40)16-19-38/h2-4,7-9,22,24,27-28,31,40H,5-6,10-21H2,1H3,(H,36,41). The molecule has 220 valence electrons. The molecule has 3 aliphatic rings. The van der Waals surface area contributed by atoms with E-state index < -0.39 is 0 Å². The van der Waals surface area contributed by atoms with Crippen molar-refractivity contribution in [3.63, 3.8) is 0 Å². The highest BCUT2D eigenvalue weighted by atomic mass is 35.5. The van der Waals surface area contributed by atoms with Gasteiger partial charge in [0.25, 0.3) is 5.91 Å². The number of nitriles is 1. The molecule has 2 aromatic rings. The molecule has 0 spiro atoms. The molecule has 0 radical (unpaired) electrons. The Bertz CT molecular complexity index is 1190. The fraction of sp³-hybridized carbons (Fsp3) is 0.576. The number of carbonyl (C=O) groups excluding carboxylic acids is 1. The van der Waals surface area contributed by atoms with Crippen LogP contribution in [0.25, 0.3) is 0 Å². The first-order valence-corrected chi connectivity index (χ1v) is 15.8. The Morgan fingerprint density at radius 1 is 1.00 bits per heavy atom. The van der Waals surface area contributed by atoms with Gasteiger partial charge in [-0.05, 0) is 113 Å². The summed E-state index contributed by atoms with van der Waals surface area (Å²) in [5.74, 6) is 0.788. The van der Waals surface area contributed by atoms with Gasteiger partial charge in [0.1, 0.15) is 6.07 Å². The number of carbonyl (C=O) groups is 1. The number of halogens is 1. The molecule has 7 nitrogen and oxygen atoms in total. The summed E-state index contributed by atoms with van der Waals surface area (Å²) in [5.41, 5.74) is 3.44. The van der Waals surface area contributed by atoms with Gasteiger partial charge < -0.3 is 25.1 Å². The Morgan fingerprint density at radius 3 is 2.32 bits per heavy atom. The maximum absolute atomic E-state index is 13.0. The van der Waals surface area contributed by atoms with Crippen LogP contribution >= 0.6 is 11.6 Å². The van der Waals surface area contributed by atoms with Crippen molar-refractivity contribution in [3.05, 3.63) is 58.6 Å². The average molecular weight is 578 g/mol. The number of aliphatic hydroxyl groups excluding tert-OH is 1. The van der Waals surface area contributed by atoms with Crippen LogP contribution in [0.2, 0.25) is 5.02 Å². The van der Waals surface area contributed by atoms with E-state index in [0.717, 1.165) is 88.4 Å². The molecular formula is C33H44ClN5O2. The molecule has 2 saturated heterocycles. The average Bonchev–Trinajstić information content (AvgIpc) is 3.01. The van der Waals surface area contributed by atoms with Crippen molar-refractivity contribution in [2.75, 3.05) is 49.6 Å². The van der Waals surface area contributed by atoms with Crippen molar-refractivity contribution in [3.8, 4) is 6.07 Å². The van der Waals surface area contributed by atoms with E-state index in [1.165, 1.54) is 24.9 Å². The Labute approximate surface area is 250 Å². The van der Waals surface area contributed by atoms with Gasteiger partial charge in [-0.15, -0.1) is 0 Å². The molecule has 0 unspecified atom stereocenters. The van der Waals surface area contributed by atoms with Crippen molar-refractivity contribution in [1.29, 1.82) is 5.26 Å². The zero-order chi connectivity index (χ0) is 28.8. The largest absolute Gasteiger partial charge is 0.393 e. The predicted molar refractivity (Wildman–Crippen MR) is 166 cm³/mol. The van der Waals surface area contributed by atoms with Crippen LogP contribution in [0.3, 0.4) is 0 Å². The fourth-order valence-electron chi connectivity index (χ4n) is 6.71. The molecule has 0 bridgehead atoms. The topological polar surface area (TPSA) is 82.8 Å². The minimum Gasteiger partial charge on any atom is -0.393 e. The van der Waals surface area contributed by atoms with Crippen LogP contribution in [0, 0.1) is 17.2 Å². The number of nitrogens with one attached hydrogen (secondary N) is 1. The van der Waals surface area contributed by atoms with Crippen LogP contribution < -0.4 is 15.1 Å². The minimum atomic E-state index is -0.0953. The maximum Gasteiger partial charge on any atom is 0.251 e. The molecule has 8 heteroatoms. The van der Waals surface area contributed by atoms with Crippen LogP contribution in [0.5, 0.6) is 0 Å². The number of hydrogen-bond acceptors (Lipinski definition) is 6. The van der Waals surface area contributed by atoms with Gasteiger partial charge in [0.05, 0.1) is 16.7 Å². The zero-order valence-corrected chi connectivity index (χ0v) is 25.0. The van der Waals surface area contributed by atoms with Crippen LogP contribution in [0.4, 0.5) is 11.4 Å². The quantitative estimate of drug-likeness (QED) is 0.434. The Hall–Kier alpha value is -2.79. The molecule has 2 N–H and O–H groups in total. The highest BCUT2D eigenvalue weighted by molar-refractivity contribution is 6.32. The molecule has 2 aromatic carbocycles. The van der Waals surface area contributed by atoms with Crippen LogP contribution in [0.1, 0.15) is 73.7 Å². The minimum absolute atomic E-state index is 0.0103. The molecule has 2 heterocycles. The SMILES string of the molecule is CN(c1ccc(C#N)c(Cl)c1)C1CCC(NC(=O)c2ccc(N3CCC(CCN4CCC(O)CC4)CC3)cc2)CC1. The number of benzene rings is 2. The van der Waals surface area contributed by atoms with Gasteiger partial charge in [0.2, 0.25) is 0 Å². The number of hydrogen-bond donors (Lipinski definition) is 2. The monoisotopic (exact) mass is 577 g/mol. The zero-order valence-electron chi connectivity index (χ0n) is 24.3. The van der Waals surface area contributed by atoms with Crippen molar-refractivity contribution in [2.24, 2.45) is 5.92 Å². The number of anilines is 2. The van der Waals surface area contributed by atoms with Gasteiger partial charge in [-0.3, -0.25) is 4.79 Å². The summed E-state index contributed by atoms with van der Waals surface area (Å²) in [6, 6.07) is 16.4. The molecule has 1 saturated carbocycles. The number of likely N-dealkylation sites (tertiary alicyclic amines) is 1. The molecule has 41 heavy (non-hydrogen) atoms. The highest BCUT2D eigenvalue weighted by Gasteiger charge is 2.26. The predicted octanol–water partition coefficient (Wildman–Crippen LogP) is 5.45. The van der Waals surface area contributed by atoms with Gasteiger partial charge in [-0.2, -0.15) is 5.26 Å². The van der Waals surface area contributed by atoms with E-state index in [1.807, 2.05) is 24.3 Å². The summed E-state index contributed by atoms with van der Waals surface area (Å²) < 4.78 is 0. The van der Waals surface area contributed by atoms with E-state index >= 15 is 0 Å². The second kappa shape index (κ2) is 13.9. The number of rotatable bonds is 8. The number of aliphatic hydroxyl groups is 1. The second-order valence-electron chi connectivity index (χ2n) is 12.2. The summed E-state index contributed by atoms with van der Waals surface area (Å²) in [7, 11) is 2.08. The Kier molecular flexibility index (Phi) is 10.1. The second-order valence-corrected chi connectivity index (χ2v) is 12.6. The van der Waals surface area contributed by atoms with Crippen molar-refractivity contribution >= 4 is 28.9 Å². The van der Waals surface area contributed by atoms with Crippen LogP contribution in [-0.2, 0) is 0 Å². The van der Waals surface area contributed by atoms with E-state index in [-0.39, 0.29) is 18.1 Å². The molecule has 1 amide bonds. The highest BCUT2D eigenvalue weighted by Crippen LogP contribution is 2.30. The first kappa shape index (κ1) is 29.7. The third kappa shape index (κ3) is 7.74. The lowest BCUT2D eigenvalue weighted by Gasteiger charge is -2.36. The molecule has 2 aliphatic heterocycles. The van der Waals surface area contributed by atoms with Crippen molar-refractivity contribution in [2.45, 2.75) is 76.0 Å². The summed E-state index contributed by atoms with van der Waals surface area (Å²) in [5, 5.41) is 22.6. The Balaban J connectivity index is 1.03. The smallest absolute Gasteiger partial charge is 0.251 e. The molecule has 0 aromatic heterocycles. The fourth-order valence-corrected chi connectivity index (χ4v) is 6.93. The number of amides is 1. The van der Waals surface area contributed by atoms with Gasteiger partial charge in [0, 0.05) is 62.2 Å². The van der Waals surface area contributed by atoms with Gasteiger partial charge >= 0.3 is 0 Å². The van der Waals surface area contributed by atoms with E-state index in [1.54, 1.807) is 6.07 Å². The molecule has 3 fully saturated rings. The first-order valence-electron chi connectivity index (χ1n) is 15.4. The summed E-state index contributed by atoms with van der Waals surface area (Å²) in [6.07, 6.45) is 9.31. The maximum atomic E-state index is 13.0. The van der Waals surface area contributed by atoms with Gasteiger partial charge in [0.15, 0.2) is 0 Å². The third-order valence-electron chi connectivity index (χ3n) is 9.58. The van der Waals surface area contributed by atoms with Crippen molar-refractivity contribution < 1.29 is 9.90 Å². The first-order chi connectivity index (χ1) is 19.9. The van der Waals surface area contributed by atoms with Gasteiger partial charge in [-0.25, -0.2) is 0 Å². The number of nitrogens with zero attached hydrogens (tertiary/aromatic N) is 4. The van der Waals surface area contributed by atoms with Crippen LogP contribution in [0.15, 0.2) is 42.5 Å². The van der Waals surface area contributed by atoms with E-state index in [9.17, 15) is 9.90 Å². The number of piperidine rings is 2. The van der Waals surface area contributed by atoms with E-state index in [4.69, 9.17) is 16.9 Å². The van der Waals surface area contributed by atoms with Gasteiger partial charge in [-0.1, -0.05) is 11.6 Å².